The lowest BCUT2D eigenvalue weighted by molar-refractivity contribution is 0.667. The van der Waals surface area contributed by atoms with Crippen LogP contribution in [-0.2, 0) is 12.8 Å². The van der Waals surface area contributed by atoms with Gasteiger partial charge in [-0.2, -0.15) is 0 Å². The molecule has 0 aromatic carbocycles. The molecule has 0 radical (unpaired) electrons. The quantitative estimate of drug-likeness (QED) is 0.166. The summed E-state index contributed by atoms with van der Waals surface area (Å²) in [5.41, 5.74) is 2.83. The van der Waals surface area contributed by atoms with Gasteiger partial charge < -0.3 is 0 Å². The Kier molecular flexibility index (Phi) is 12.5. The van der Waals surface area contributed by atoms with Crippen LogP contribution in [0.1, 0.15) is 86.1 Å². The first-order chi connectivity index (χ1) is 13.7. The minimum Gasteiger partial charge on any atom is -0.142 e. The number of thiophene rings is 2. The van der Waals surface area contributed by atoms with Crippen molar-refractivity contribution in [3.63, 3.8) is 0 Å². The molecule has 28 heavy (non-hydrogen) atoms. The number of hydrogen-bond acceptors (Lipinski definition) is 6. The highest BCUT2D eigenvalue weighted by molar-refractivity contribution is 8.90. The van der Waals surface area contributed by atoms with Gasteiger partial charge in [-0.05, 0) is 81.3 Å². The number of rotatable bonds is 12. The summed E-state index contributed by atoms with van der Waals surface area (Å²) in [5.74, 6) is 0. The first kappa shape index (κ1) is 24.5. The molecule has 0 N–H and O–H groups in total. The third kappa shape index (κ3) is 8.19. The Labute approximate surface area is 197 Å². The predicted octanol–water partition coefficient (Wildman–Crippen LogP) is 9.49. The molecule has 2 rings (SSSR count). The van der Waals surface area contributed by atoms with Crippen LogP contribution in [0.3, 0.4) is 0 Å². The Bertz CT molecular complexity index is 665. The second kappa shape index (κ2) is 14.3. The molecule has 0 bridgehead atoms. The lowest BCUT2D eigenvalue weighted by atomic mass is 10.1. The fourth-order valence-corrected chi connectivity index (χ4v) is 8.17. The highest BCUT2D eigenvalue weighted by Gasteiger charge is 2.15. The summed E-state index contributed by atoms with van der Waals surface area (Å²) in [4.78, 5) is 2.55. The summed E-state index contributed by atoms with van der Waals surface area (Å²) in [7, 11) is 3.33. The molecule has 2 heterocycles. The Morgan fingerprint density at radius 2 is 1.14 bits per heavy atom. The van der Waals surface area contributed by atoms with Crippen LogP contribution < -0.4 is 0 Å². The van der Waals surface area contributed by atoms with E-state index in [1.165, 1.54) is 72.2 Å². The molecule has 0 unspecified atom stereocenters. The average molecular weight is 487 g/mol. The van der Waals surface area contributed by atoms with Crippen LogP contribution >= 0.6 is 68.7 Å². The fraction of sp³-hybridized carbons (Fsp3) is 0.545. The Morgan fingerprint density at radius 1 is 0.714 bits per heavy atom. The van der Waals surface area contributed by atoms with Crippen molar-refractivity contribution in [3.8, 4) is 0 Å². The fourth-order valence-electron chi connectivity index (χ4n) is 3.06. The number of unbranched alkanes of at least 4 members (excludes halogenated alkanes) is 6. The molecule has 0 nitrogen and oxygen atoms in total. The van der Waals surface area contributed by atoms with Gasteiger partial charge in [0.25, 0.3) is 0 Å². The van der Waals surface area contributed by atoms with Crippen molar-refractivity contribution in [2.24, 2.45) is 0 Å². The number of thiocarbonyl (C=S) groups is 2. The maximum Gasteiger partial charge on any atom is 0.0991 e. The highest BCUT2D eigenvalue weighted by Crippen LogP contribution is 2.36. The zero-order valence-corrected chi connectivity index (χ0v) is 21.7. The molecule has 0 atom stereocenters. The zero-order valence-electron chi connectivity index (χ0n) is 16.8. The lowest BCUT2D eigenvalue weighted by Crippen LogP contribution is -1.96. The van der Waals surface area contributed by atoms with Crippen LogP contribution in [0.15, 0.2) is 22.9 Å². The molecule has 0 aliphatic rings. The van der Waals surface area contributed by atoms with Crippen molar-refractivity contribution < 1.29 is 0 Å². The van der Waals surface area contributed by atoms with E-state index in [9.17, 15) is 0 Å². The van der Waals surface area contributed by atoms with Crippen LogP contribution in [0.25, 0.3) is 0 Å². The standard InChI is InChI=1S/C22H30S6/c1-3-5-7-9-11-17-13-15-25-19(17)21(23)27-28-22(24)20-18(14-16-26-20)12-10-8-6-4-2/h13-16H,3-12H2,1-2H3. The molecular weight excluding hydrogens is 457 g/mol. The van der Waals surface area contributed by atoms with Crippen molar-refractivity contribution in [2.75, 3.05) is 0 Å². The molecule has 0 saturated carbocycles. The molecule has 0 aliphatic carbocycles. The monoisotopic (exact) mass is 486 g/mol. The van der Waals surface area contributed by atoms with Crippen LogP contribution in [-0.4, -0.2) is 8.39 Å². The molecule has 154 valence electrons. The molecule has 2 aromatic heterocycles. The van der Waals surface area contributed by atoms with Gasteiger partial charge in [0.2, 0.25) is 0 Å². The molecule has 0 aliphatic heterocycles. The second-order valence-electron chi connectivity index (χ2n) is 6.91. The Morgan fingerprint density at radius 3 is 1.54 bits per heavy atom. The first-order valence-corrected chi connectivity index (χ1v) is 15.0. The third-order valence-electron chi connectivity index (χ3n) is 4.66. The van der Waals surface area contributed by atoms with Crippen LogP contribution in [0.4, 0.5) is 0 Å². The second-order valence-corrected chi connectivity index (χ2v) is 12.2. The van der Waals surface area contributed by atoms with Crippen LogP contribution in [0, 0.1) is 0 Å². The highest BCUT2D eigenvalue weighted by atomic mass is 33.1. The molecular formula is C22H30S6. The summed E-state index contributed by atoms with van der Waals surface area (Å²) in [6.07, 6.45) is 12.6. The van der Waals surface area contributed by atoms with E-state index in [0.29, 0.717) is 0 Å². The van der Waals surface area contributed by atoms with Gasteiger partial charge in [0.15, 0.2) is 0 Å². The molecule has 6 heteroatoms. The molecule has 2 aromatic rings. The summed E-state index contributed by atoms with van der Waals surface area (Å²) in [6.45, 7) is 4.51. The third-order valence-corrected chi connectivity index (χ3v) is 10.7. The minimum absolute atomic E-state index is 0.980. The predicted molar refractivity (Wildman–Crippen MR) is 143 cm³/mol. The smallest absolute Gasteiger partial charge is 0.0991 e. The average Bonchev–Trinajstić information content (AvgIpc) is 3.36. The molecule has 0 amide bonds. The SMILES string of the molecule is CCCCCCc1ccsc1C(=S)SSC(=S)c1sccc1CCCCCC. The van der Waals surface area contributed by atoms with Crippen molar-refractivity contribution in [1.29, 1.82) is 0 Å². The van der Waals surface area contributed by atoms with Crippen molar-refractivity contribution >= 4 is 77.1 Å². The van der Waals surface area contributed by atoms with Gasteiger partial charge in [-0.25, -0.2) is 0 Å². The molecule has 0 fully saturated rings. The molecule has 0 spiro atoms. The van der Waals surface area contributed by atoms with Gasteiger partial charge in [-0.3, -0.25) is 0 Å². The summed E-state index contributed by atoms with van der Waals surface area (Å²) >= 11 is 15.0. The first-order valence-electron chi connectivity index (χ1n) is 10.2. The van der Waals surface area contributed by atoms with Crippen LogP contribution in [0.5, 0.6) is 0 Å². The summed E-state index contributed by atoms with van der Waals surface area (Å²) in [6, 6.07) is 4.49. The van der Waals surface area contributed by atoms with Crippen molar-refractivity contribution in [3.05, 3.63) is 43.8 Å². The normalized spacial score (nSPS) is 11.1. The van der Waals surface area contributed by atoms with E-state index < -0.39 is 0 Å². The van der Waals surface area contributed by atoms with Crippen LogP contribution in [0.2, 0.25) is 0 Å². The van der Waals surface area contributed by atoms with Gasteiger partial charge in [-0.1, -0.05) is 76.8 Å². The van der Waals surface area contributed by atoms with Gasteiger partial charge in [0.1, 0.15) is 0 Å². The minimum atomic E-state index is 0.980. The maximum absolute atomic E-state index is 5.74. The Hall–Kier alpha value is 0.280. The topological polar surface area (TPSA) is 0 Å². The lowest BCUT2D eigenvalue weighted by Gasteiger charge is -2.07. The van der Waals surface area contributed by atoms with Crippen molar-refractivity contribution in [2.45, 2.75) is 78.1 Å². The Balaban J connectivity index is 1.84. The van der Waals surface area contributed by atoms with Gasteiger partial charge in [0, 0.05) is 0 Å². The van der Waals surface area contributed by atoms with Crippen molar-refractivity contribution in [1.82, 2.24) is 0 Å². The summed E-state index contributed by atoms with van der Waals surface area (Å²) < 4.78 is 1.96. The number of hydrogen-bond donors (Lipinski definition) is 0. The van der Waals surface area contributed by atoms with Gasteiger partial charge >= 0.3 is 0 Å². The van der Waals surface area contributed by atoms with E-state index in [2.05, 4.69) is 36.7 Å². The molecule has 0 saturated heterocycles. The van der Waals surface area contributed by atoms with Gasteiger partial charge in [-0.15, -0.1) is 22.7 Å². The van der Waals surface area contributed by atoms with E-state index in [1.807, 2.05) is 0 Å². The van der Waals surface area contributed by atoms with E-state index in [0.717, 1.165) is 21.2 Å². The number of aryl methyl sites for hydroxylation is 2. The zero-order chi connectivity index (χ0) is 20.2. The van der Waals surface area contributed by atoms with E-state index in [4.69, 9.17) is 24.4 Å². The maximum atomic E-state index is 5.74. The summed E-state index contributed by atoms with van der Waals surface area (Å²) in [5, 5.41) is 4.35. The van der Waals surface area contributed by atoms with E-state index in [1.54, 1.807) is 44.3 Å². The van der Waals surface area contributed by atoms with Gasteiger partial charge in [0.05, 0.1) is 18.1 Å². The van der Waals surface area contributed by atoms with E-state index in [-0.39, 0.29) is 0 Å². The van der Waals surface area contributed by atoms with E-state index >= 15 is 0 Å². The largest absolute Gasteiger partial charge is 0.142 e.